The van der Waals surface area contributed by atoms with Crippen molar-refractivity contribution in [2.45, 2.75) is 57.0 Å². The van der Waals surface area contributed by atoms with Crippen molar-refractivity contribution >= 4 is 56.3 Å². The third-order valence-electron chi connectivity index (χ3n) is 5.85. The van der Waals surface area contributed by atoms with Gasteiger partial charge in [0, 0.05) is 30.9 Å². The first kappa shape index (κ1) is 24.4. The zero-order valence-electron chi connectivity index (χ0n) is 19.1. The number of hydrogen-bond donors (Lipinski definition) is 0. The molecular formula is C25H28BrCl2N3O2. The maximum absolute atomic E-state index is 12.5. The van der Waals surface area contributed by atoms with Crippen LogP contribution in [-0.2, 0) is 16.6 Å². The monoisotopic (exact) mass is 551 g/mol. The average Bonchev–Trinajstić information content (AvgIpc) is 3.10. The number of ether oxygens (including phenoxy) is 1. The Morgan fingerprint density at radius 1 is 1.09 bits per heavy atom. The van der Waals surface area contributed by atoms with Gasteiger partial charge in [-0.15, -0.1) is 0 Å². The Kier molecular flexibility index (Phi) is 7.27. The molecule has 0 N–H and O–H groups in total. The quantitative estimate of drug-likeness (QED) is 0.317. The normalized spacial score (nSPS) is 15.3. The fourth-order valence-corrected chi connectivity index (χ4v) is 4.87. The van der Waals surface area contributed by atoms with E-state index in [9.17, 15) is 4.79 Å². The zero-order chi connectivity index (χ0) is 23.8. The van der Waals surface area contributed by atoms with E-state index >= 15 is 0 Å². The topological polar surface area (TPSA) is 47.4 Å². The molecule has 1 aliphatic heterocycles. The molecule has 1 saturated heterocycles. The second-order valence-electron chi connectivity index (χ2n) is 9.50. The van der Waals surface area contributed by atoms with Crippen LogP contribution in [-0.4, -0.2) is 39.2 Å². The molecule has 0 saturated carbocycles. The lowest BCUT2D eigenvalue weighted by atomic mass is 9.96. The first-order valence-corrected chi connectivity index (χ1v) is 13.0. The lowest BCUT2D eigenvalue weighted by Gasteiger charge is -2.33. The molecule has 1 aromatic heterocycles. The van der Waals surface area contributed by atoms with Crippen LogP contribution in [0.3, 0.4) is 0 Å². The fourth-order valence-electron chi connectivity index (χ4n) is 4.18. The van der Waals surface area contributed by atoms with Crippen LogP contribution in [0, 0.1) is 0 Å². The van der Waals surface area contributed by atoms with Gasteiger partial charge in [-0.3, -0.25) is 0 Å². The number of alkyl halides is 1. The minimum atomic E-state index is -0.495. The predicted molar refractivity (Wildman–Crippen MR) is 138 cm³/mol. The highest BCUT2D eigenvalue weighted by atomic mass is 79.9. The Labute approximate surface area is 213 Å². The van der Waals surface area contributed by atoms with E-state index in [0.717, 1.165) is 35.0 Å². The maximum atomic E-state index is 12.5. The zero-order valence-corrected chi connectivity index (χ0v) is 22.2. The Hall–Kier alpha value is -1.76. The van der Waals surface area contributed by atoms with Crippen LogP contribution in [0.2, 0.25) is 10.0 Å². The van der Waals surface area contributed by atoms with E-state index in [-0.39, 0.29) is 12.0 Å². The SMILES string of the molecule is CC(C)(C)OC(=O)N1CCC(c2nc3cc(Cl)c(Cl)cc3n2Cc2ccc(CBr)cc2)CC1. The number of carbonyl (C=O) groups excluding carboxylic acids is 1. The van der Waals surface area contributed by atoms with Crippen LogP contribution in [0.5, 0.6) is 0 Å². The number of amides is 1. The van der Waals surface area contributed by atoms with Gasteiger partial charge < -0.3 is 14.2 Å². The molecule has 0 spiro atoms. The lowest BCUT2D eigenvalue weighted by Crippen LogP contribution is -2.41. The maximum Gasteiger partial charge on any atom is 0.410 e. The number of fused-ring (bicyclic) bond motifs is 1. The Bertz CT molecular complexity index is 1150. The molecule has 8 heteroatoms. The minimum absolute atomic E-state index is 0.232. The molecule has 0 aliphatic carbocycles. The summed E-state index contributed by atoms with van der Waals surface area (Å²) >= 11 is 16.2. The molecule has 1 aliphatic rings. The number of halogens is 3. The second-order valence-corrected chi connectivity index (χ2v) is 10.9. The van der Waals surface area contributed by atoms with Crippen LogP contribution >= 0.6 is 39.1 Å². The van der Waals surface area contributed by atoms with Gasteiger partial charge in [0.1, 0.15) is 11.4 Å². The number of nitrogens with zero attached hydrogens (tertiary/aromatic N) is 3. The molecule has 0 unspecified atom stereocenters. The second kappa shape index (κ2) is 9.85. The average molecular weight is 553 g/mol. The number of hydrogen-bond acceptors (Lipinski definition) is 3. The molecule has 1 amide bonds. The molecule has 0 bridgehead atoms. The summed E-state index contributed by atoms with van der Waals surface area (Å²) in [5.41, 5.74) is 3.74. The van der Waals surface area contributed by atoms with Crippen LogP contribution in [0.25, 0.3) is 11.0 Å². The van der Waals surface area contributed by atoms with Crippen molar-refractivity contribution in [2.24, 2.45) is 0 Å². The van der Waals surface area contributed by atoms with Gasteiger partial charge in [-0.05, 0) is 56.9 Å². The molecule has 0 radical (unpaired) electrons. The third kappa shape index (κ3) is 5.67. The van der Waals surface area contributed by atoms with Crippen LogP contribution < -0.4 is 0 Å². The molecule has 4 rings (SSSR count). The standard InChI is InChI=1S/C25H28BrCl2N3O2/c1-25(2,3)33-24(32)30-10-8-18(9-11-30)23-29-21-12-19(27)20(28)13-22(21)31(23)15-17-6-4-16(14-26)5-7-17/h4-7,12-13,18H,8-11,14-15H2,1-3H3. The highest BCUT2D eigenvalue weighted by molar-refractivity contribution is 9.08. The molecule has 5 nitrogen and oxygen atoms in total. The summed E-state index contributed by atoms with van der Waals surface area (Å²) in [5, 5.41) is 1.85. The summed E-state index contributed by atoms with van der Waals surface area (Å²) in [4.78, 5) is 19.3. The van der Waals surface area contributed by atoms with Crippen LogP contribution in [0.15, 0.2) is 36.4 Å². The number of aromatic nitrogens is 2. The van der Waals surface area contributed by atoms with E-state index < -0.39 is 5.60 Å². The molecule has 2 aromatic carbocycles. The van der Waals surface area contributed by atoms with Gasteiger partial charge in [0.15, 0.2) is 0 Å². The van der Waals surface area contributed by atoms with Crippen molar-refractivity contribution in [3.63, 3.8) is 0 Å². The van der Waals surface area contributed by atoms with E-state index in [1.807, 2.05) is 32.9 Å². The predicted octanol–water partition coefficient (Wildman–Crippen LogP) is 7.40. The number of likely N-dealkylation sites (tertiary alicyclic amines) is 1. The Morgan fingerprint density at radius 2 is 1.70 bits per heavy atom. The van der Waals surface area contributed by atoms with Gasteiger partial charge in [0.2, 0.25) is 0 Å². The van der Waals surface area contributed by atoms with Crippen molar-refractivity contribution in [3.8, 4) is 0 Å². The van der Waals surface area contributed by atoms with E-state index in [2.05, 4.69) is 44.8 Å². The van der Waals surface area contributed by atoms with Gasteiger partial charge >= 0.3 is 6.09 Å². The number of carbonyl (C=O) groups is 1. The smallest absolute Gasteiger partial charge is 0.410 e. The van der Waals surface area contributed by atoms with Gasteiger partial charge in [0.25, 0.3) is 0 Å². The van der Waals surface area contributed by atoms with E-state index in [1.165, 1.54) is 11.1 Å². The molecule has 0 atom stereocenters. The summed E-state index contributed by atoms with van der Waals surface area (Å²) in [6, 6.07) is 12.3. The van der Waals surface area contributed by atoms with Crippen molar-refractivity contribution in [1.82, 2.24) is 14.5 Å². The Balaban J connectivity index is 1.61. The molecule has 2 heterocycles. The molecule has 3 aromatic rings. The summed E-state index contributed by atoms with van der Waals surface area (Å²) in [6.45, 7) is 7.65. The molecule has 1 fully saturated rings. The first-order chi connectivity index (χ1) is 15.6. The van der Waals surface area contributed by atoms with Crippen LogP contribution in [0.4, 0.5) is 4.79 Å². The van der Waals surface area contributed by atoms with Gasteiger partial charge in [-0.2, -0.15) is 0 Å². The van der Waals surface area contributed by atoms with Gasteiger partial charge in [-0.25, -0.2) is 9.78 Å². The third-order valence-corrected chi connectivity index (χ3v) is 7.22. The molecule has 176 valence electrons. The number of piperidine rings is 1. The summed E-state index contributed by atoms with van der Waals surface area (Å²) < 4.78 is 7.79. The van der Waals surface area contributed by atoms with Gasteiger partial charge in [-0.1, -0.05) is 63.4 Å². The van der Waals surface area contributed by atoms with E-state index in [0.29, 0.717) is 29.7 Å². The summed E-state index contributed by atoms with van der Waals surface area (Å²) in [6.07, 6.45) is 1.40. The van der Waals surface area contributed by atoms with E-state index in [4.69, 9.17) is 32.9 Å². The van der Waals surface area contributed by atoms with Gasteiger partial charge in [0.05, 0.1) is 21.1 Å². The number of imidazole rings is 1. The van der Waals surface area contributed by atoms with E-state index in [1.54, 1.807) is 4.90 Å². The summed E-state index contributed by atoms with van der Waals surface area (Å²) in [5.74, 6) is 1.24. The summed E-state index contributed by atoms with van der Waals surface area (Å²) in [7, 11) is 0. The minimum Gasteiger partial charge on any atom is -0.444 e. The van der Waals surface area contributed by atoms with Crippen molar-refractivity contribution in [3.05, 3.63) is 63.4 Å². The molecular weight excluding hydrogens is 525 g/mol. The fraction of sp³-hybridized carbons (Fsp3) is 0.440. The highest BCUT2D eigenvalue weighted by Gasteiger charge is 2.30. The molecule has 33 heavy (non-hydrogen) atoms. The highest BCUT2D eigenvalue weighted by Crippen LogP contribution is 2.34. The lowest BCUT2D eigenvalue weighted by molar-refractivity contribution is 0.0202. The van der Waals surface area contributed by atoms with Crippen molar-refractivity contribution < 1.29 is 9.53 Å². The van der Waals surface area contributed by atoms with Crippen LogP contribution in [0.1, 0.15) is 56.5 Å². The number of rotatable bonds is 4. The van der Waals surface area contributed by atoms with Crippen molar-refractivity contribution in [1.29, 1.82) is 0 Å². The number of benzene rings is 2. The largest absolute Gasteiger partial charge is 0.444 e. The van der Waals surface area contributed by atoms with Crippen molar-refractivity contribution in [2.75, 3.05) is 13.1 Å². The Morgan fingerprint density at radius 3 is 2.30 bits per heavy atom. The first-order valence-electron chi connectivity index (χ1n) is 11.1.